The summed E-state index contributed by atoms with van der Waals surface area (Å²) in [6.07, 6.45) is 2.13. The monoisotopic (exact) mass is 250 g/mol. The van der Waals surface area contributed by atoms with Gasteiger partial charge in [0.15, 0.2) is 0 Å². The molecule has 0 spiro atoms. The van der Waals surface area contributed by atoms with E-state index in [1.54, 1.807) is 7.11 Å². The minimum Gasteiger partial charge on any atom is -0.496 e. The highest BCUT2D eigenvalue weighted by atomic mass is 16.5. The lowest BCUT2D eigenvalue weighted by Gasteiger charge is -2.14. The molecule has 1 atom stereocenters. The van der Waals surface area contributed by atoms with E-state index in [1.165, 1.54) is 11.1 Å². The molecule has 102 valence electrons. The first-order chi connectivity index (χ1) is 8.74. The zero-order chi connectivity index (χ0) is 13.4. The third-order valence-electron chi connectivity index (χ3n) is 3.40. The summed E-state index contributed by atoms with van der Waals surface area (Å²) in [4.78, 5) is 0. The highest BCUT2D eigenvalue weighted by Gasteiger charge is 2.05. The Hall–Kier alpha value is -1.06. The van der Waals surface area contributed by atoms with Crippen LogP contribution in [0.1, 0.15) is 31.4 Å². The standard InChI is InChI=1S/C15H26N2O/c1-4-12(9-16)10-17-11-13-6-7-15(18-3)14(5-2)8-13/h6-8,12,17H,4-5,9-11,16H2,1-3H3. The molecule has 3 N–H and O–H groups in total. The number of aryl methyl sites for hydroxylation is 1. The van der Waals surface area contributed by atoms with E-state index in [9.17, 15) is 0 Å². The molecule has 0 saturated heterocycles. The van der Waals surface area contributed by atoms with E-state index in [4.69, 9.17) is 10.5 Å². The first kappa shape index (κ1) is 15.0. The Kier molecular flexibility index (Phi) is 6.76. The van der Waals surface area contributed by atoms with Crippen molar-refractivity contribution in [2.75, 3.05) is 20.2 Å². The average Bonchev–Trinajstić information content (AvgIpc) is 2.43. The minimum absolute atomic E-state index is 0.578. The summed E-state index contributed by atoms with van der Waals surface area (Å²) >= 11 is 0. The van der Waals surface area contributed by atoms with Crippen molar-refractivity contribution in [2.24, 2.45) is 11.7 Å². The number of methoxy groups -OCH3 is 1. The van der Waals surface area contributed by atoms with Crippen molar-refractivity contribution in [3.63, 3.8) is 0 Å². The van der Waals surface area contributed by atoms with E-state index in [-0.39, 0.29) is 0 Å². The van der Waals surface area contributed by atoms with Gasteiger partial charge in [0, 0.05) is 6.54 Å². The molecule has 1 unspecified atom stereocenters. The molecule has 0 aliphatic rings. The van der Waals surface area contributed by atoms with Crippen LogP contribution in [0.5, 0.6) is 5.75 Å². The minimum atomic E-state index is 0.578. The molecule has 0 bridgehead atoms. The van der Waals surface area contributed by atoms with Crippen LogP contribution in [-0.2, 0) is 13.0 Å². The second-order valence-electron chi connectivity index (χ2n) is 4.64. The van der Waals surface area contributed by atoms with Crippen molar-refractivity contribution in [2.45, 2.75) is 33.2 Å². The van der Waals surface area contributed by atoms with Gasteiger partial charge in [-0.2, -0.15) is 0 Å². The SMILES string of the molecule is CCc1cc(CNCC(CC)CN)ccc1OC. The third kappa shape index (κ3) is 4.31. The molecule has 0 aliphatic heterocycles. The summed E-state index contributed by atoms with van der Waals surface area (Å²) < 4.78 is 5.33. The lowest BCUT2D eigenvalue weighted by Crippen LogP contribution is -2.27. The number of nitrogens with two attached hydrogens (primary N) is 1. The maximum atomic E-state index is 5.69. The molecule has 0 fully saturated rings. The molecular weight excluding hydrogens is 224 g/mol. The fourth-order valence-corrected chi connectivity index (χ4v) is 2.03. The van der Waals surface area contributed by atoms with Gasteiger partial charge in [0.1, 0.15) is 5.75 Å². The van der Waals surface area contributed by atoms with Crippen LogP contribution in [0.3, 0.4) is 0 Å². The Labute approximate surface area is 111 Å². The van der Waals surface area contributed by atoms with E-state index < -0.39 is 0 Å². The lowest BCUT2D eigenvalue weighted by molar-refractivity contribution is 0.409. The molecule has 18 heavy (non-hydrogen) atoms. The van der Waals surface area contributed by atoms with E-state index in [2.05, 4.69) is 37.4 Å². The van der Waals surface area contributed by atoms with Crippen LogP contribution in [0.2, 0.25) is 0 Å². The van der Waals surface area contributed by atoms with Crippen LogP contribution in [-0.4, -0.2) is 20.2 Å². The van der Waals surface area contributed by atoms with Gasteiger partial charge in [-0.25, -0.2) is 0 Å². The molecule has 3 heteroatoms. The lowest BCUT2D eigenvalue weighted by atomic mass is 10.1. The molecule has 0 aromatic heterocycles. The van der Waals surface area contributed by atoms with Gasteiger partial charge in [0.05, 0.1) is 7.11 Å². The number of rotatable bonds is 8. The van der Waals surface area contributed by atoms with Crippen molar-refractivity contribution >= 4 is 0 Å². The molecule has 0 saturated carbocycles. The largest absolute Gasteiger partial charge is 0.496 e. The molecule has 0 amide bonds. The van der Waals surface area contributed by atoms with Gasteiger partial charge < -0.3 is 15.8 Å². The Morgan fingerprint density at radius 3 is 2.67 bits per heavy atom. The molecule has 1 rings (SSSR count). The molecule has 3 nitrogen and oxygen atoms in total. The van der Waals surface area contributed by atoms with Gasteiger partial charge >= 0.3 is 0 Å². The zero-order valence-corrected chi connectivity index (χ0v) is 11.8. The molecule has 0 heterocycles. The highest BCUT2D eigenvalue weighted by molar-refractivity contribution is 5.37. The quantitative estimate of drug-likeness (QED) is 0.744. The molecule has 1 aromatic carbocycles. The van der Waals surface area contributed by atoms with Crippen molar-refractivity contribution < 1.29 is 4.74 Å². The van der Waals surface area contributed by atoms with E-state index in [0.29, 0.717) is 5.92 Å². The Bertz CT molecular complexity index is 348. The third-order valence-corrected chi connectivity index (χ3v) is 3.40. The van der Waals surface area contributed by atoms with Crippen molar-refractivity contribution in [3.05, 3.63) is 29.3 Å². The van der Waals surface area contributed by atoms with E-state index in [0.717, 1.165) is 38.2 Å². The van der Waals surface area contributed by atoms with Crippen LogP contribution in [0.25, 0.3) is 0 Å². The second-order valence-corrected chi connectivity index (χ2v) is 4.64. The van der Waals surface area contributed by atoms with Crippen LogP contribution < -0.4 is 15.8 Å². The molecule has 0 aliphatic carbocycles. The van der Waals surface area contributed by atoms with Crippen LogP contribution in [0.4, 0.5) is 0 Å². The Balaban J connectivity index is 2.52. The van der Waals surface area contributed by atoms with E-state index >= 15 is 0 Å². The summed E-state index contributed by atoms with van der Waals surface area (Å²) in [6.45, 7) is 6.97. The van der Waals surface area contributed by atoms with Crippen molar-refractivity contribution in [3.8, 4) is 5.75 Å². The molecular formula is C15H26N2O. The topological polar surface area (TPSA) is 47.3 Å². The van der Waals surface area contributed by atoms with Gasteiger partial charge in [0.25, 0.3) is 0 Å². The van der Waals surface area contributed by atoms with Crippen molar-refractivity contribution in [1.29, 1.82) is 0 Å². The number of hydrogen-bond acceptors (Lipinski definition) is 3. The van der Waals surface area contributed by atoms with Crippen LogP contribution >= 0.6 is 0 Å². The maximum absolute atomic E-state index is 5.69. The summed E-state index contributed by atoms with van der Waals surface area (Å²) in [6, 6.07) is 6.39. The summed E-state index contributed by atoms with van der Waals surface area (Å²) in [5.74, 6) is 1.56. The fraction of sp³-hybridized carbons (Fsp3) is 0.600. The fourth-order valence-electron chi connectivity index (χ4n) is 2.03. The Morgan fingerprint density at radius 2 is 2.11 bits per heavy atom. The normalized spacial score (nSPS) is 12.4. The molecule has 0 radical (unpaired) electrons. The number of benzene rings is 1. The van der Waals surface area contributed by atoms with Gasteiger partial charge in [-0.05, 0) is 42.6 Å². The first-order valence-corrected chi connectivity index (χ1v) is 6.81. The number of hydrogen-bond donors (Lipinski definition) is 2. The second kappa shape index (κ2) is 8.11. The predicted octanol–water partition coefficient (Wildman–Crippen LogP) is 2.33. The number of ether oxygens (including phenoxy) is 1. The van der Waals surface area contributed by atoms with Gasteiger partial charge in [-0.15, -0.1) is 0 Å². The zero-order valence-electron chi connectivity index (χ0n) is 11.8. The summed E-state index contributed by atoms with van der Waals surface area (Å²) in [7, 11) is 1.72. The van der Waals surface area contributed by atoms with Crippen molar-refractivity contribution in [1.82, 2.24) is 5.32 Å². The van der Waals surface area contributed by atoms with Gasteiger partial charge in [-0.1, -0.05) is 32.4 Å². The summed E-state index contributed by atoms with van der Waals surface area (Å²) in [5.41, 5.74) is 8.26. The average molecular weight is 250 g/mol. The van der Waals surface area contributed by atoms with Crippen LogP contribution in [0.15, 0.2) is 18.2 Å². The van der Waals surface area contributed by atoms with Crippen LogP contribution in [0, 0.1) is 5.92 Å². The van der Waals surface area contributed by atoms with Gasteiger partial charge in [-0.3, -0.25) is 0 Å². The summed E-state index contributed by atoms with van der Waals surface area (Å²) in [5, 5.41) is 3.47. The Morgan fingerprint density at radius 1 is 1.33 bits per heavy atom. The van der Waals surface area contributed by atoms with Gasteiger partial charge in [0.2, 0.25) is 0 Å². The van der Waals surface area contributed by atoms with E-state index in [1.807, 2.05) is 0 Å². The maximum Gasteiger partial charge on any atom is 0.122 e. The smallest absolute Gasteiger partial charge is 0.122 e. The predicted molar refractivity (Wildman–Crippen MR) is 76.9 cm³/mol. The first-order valence-electron chi connectivity index (χ1n) is 6.81. The highest BCUT2D eigenvalue weighted by Crippen LogP contribution is 2.20. The molecule has 1 aromatic rings. The number of nitrogens with one attached hydrogen (secondary N) is 1.